The van der Waals surface area contributed by atoms with Gasteiger partial charge in [-0.3, -0.25) is 14.6 Å². The van der Waals surface area contributed by atoms with Gasteiger partial charge in [-0.2, -0.15) is 10.2 Å². The summed E-state index contributed by atoms with van der Waals surface area (Å²) < 4.78 is 7.33. The number of aromatic nitrogens is 5. The molecule has 3 aromatic heterocycles. The van der Waals surface area contributed by atoms with Crippen LogP contribution in [0.15, 0.2) is 24.5 Å². The summed E-state index contributed by atoms with van der Waals surface area (Å²) in [5, 5.41) is 11.5. The number of anilines is 1. The second kappa shape index (κ2) is 9.33. The van der Waals surface area contributed by atoms with Crippen LogP contribution in [0.4, 0.5) is 5.82 Å². The first-order valence-electron chi connectivity index (χ1n) is 12.3. The number of nitrogens with one attached hydrogen (secondary N) is 1. The van der Waals surface area contributed by atoms with E-state index in [4.69, 9.17) is 9.72 Å². The molecular weight excluding hydrogens is 428 g/mol. The average molecular weight is 463 g/mol. The lowest BCUT2D eigenvalue weighted by Crippen LogP contribution is -2.23. The zero-order chi connectivity index (χ0) is 23.8. The summed E-state index contributed by atoms with van der Waals surface area (Å²) in [6.07, 6.45) is 5.91. The third-order valence-electron chi connectivity index (χ3n) is 7.52. The van der Waals surface area contributed by atoms with Crippen molar-refractivity contribution >= 4 is 11.6 Å². The molecule has 34 heavy (non-hydrogen) atoms. The molecule has 180 valence electrons. The van der Waals surface area contributed by atoms with Crippen molar-refractivity contribution in [3.05, 3.63) is 58.3 Å². The molecule has 3 unspecified atom stereocenters. The molecule has 3 aromatic rings. The molecule has 2 fully saturated rings. The van der Waals surface area contributed by atoms with Gasteiger partial charge in [-0.05, 0) is 50.8 Å². The minimum Gasteiger partial charge on any atom is -0.381 e. The monoisotopic (exact) mass is 462 g/mol. The number of rotatable bonds is 4. The van der Waals surface area contributed by atoms with Crippen LogP contribution in [0.3, 0.4) is 0 Å². The Labute approximate surface area is 200 Å². The van der Waals surface area contributed by atoms with Crippen molar-refractivity contribution in [1.29, 1.82) is 0 Å². The first-order chi connectivity index (χ1) is 16.4. The predicted molar refractivity (Wildman–Crippen MR) is 130 cm³/mol. The smallest absolute Gasteiger partial charge is 0.162 e. The standard InChI is InChI=1S/C18H22N4O2.C8H12N2/c1-12-14(8-22-9-15(5-19-22)13(2)23)3-4-18(20-12)21-6-16-10-24-11-17(16)7-21;1-5-3-4-7-6(2)9-10-8(5)7/h3-5,9,16-17H,6-8,10-11H2,1-2H3;5H,3-4H2,1-2H3,(H,9,10). The van der Waals surface area contributed by atoms with Crippen LogP contribution in [-0.2, 0) is 17.7 Å². The molecule has 0 aromatic carbocycles. The van der Waals surface area contributed by atoms with Crippen LogP contribution in [0.2, 0.25) is 0 Å². The van der Waals surface area contributed by atoms with E-state index in [-0.39, 0.29) is 5.78 Å². The fourth-order valence-corrected chi connectivity index (χ4v) is 5.29. The number of pyridine rings is 1. The van der Waals surface area contributed by atoms with Crippen molar-refractivity contribution in [2.75, 3.05) is 31.2 Å². The van der Waals surface area contributed by atoms with Crippen molar-refractivity contribution in [2.45, 2.75) is 53.0 Å². The topological polar surface area (TPSA) is 88.9 Å². The minimum absolute atomic E-state index is 0.0370. The molecule has 1 N–H and O–H groups in total. The molecule has 1 aliphatic carbocycles. The Morgan fingerprint density at radius 3 is 2.62 bits per heavy atom. The summed E-state index contributed by atoms with van der Waals surface area (Å²) >= 11 is 0. The highest BCUT2D eigenvalue weighted by Gasteiger charge is 2.37. The van der Waals surface area contributed by atoms with E-state index in [1.165, 1.54) is 29.8 Å². The third kappa shape index (κ3) is 4.51. The van der Waals surface area contributed by atoms with Crippen LogP contribution < -0.4 is 4.90 Å². The number of carbonyl (C=O) groups excluding carboxylic acids is 1. The maximum absolute atomic E-state index is 11.4. The molecule has 0 saturated carbocycles. The van der Waals surface area contributed by atoms with Crippen molar-refractivity contribution in [2.24, 2.45) is 11.8 Å². The number of ether oxygens (including phenoxy) is 1. The van der Waals surface area contributed by atoms with Crippen LogP contribution in [-0.4, -0.2) is 57.0 Å². The molecule has 0 amide bonds. The Balaban J connectivity index is 0.000000200. The average Bonchev–Trinajstić information content (AvgIpc) is 3.60. The van der Waals surface area contributed by atoms with Crippen molar-refractivity contribution in [1.82, 2.24) is 25.0 Å². The molecule has 5 heterocycles. The van der Waals surface area contributed by atoms with Crippen LogP contribution >= 0.6 is 0 Å². The van der Waals surface area contributed by atoms with Gasteiger partial charge in [0.25, 0.3) is 0 Å². The molecule has 2 saturated heterocycles. The number of hydrogen-bond donors (Lipinski definition) is 1. The van der Waals surface area contributed by atoms with Crippen LogP contribution in [0.1, 0.15) is 64.8 Å². The van der Waals surface area contributed by atoms with Crippen LogP contribution in [0.25, 0.3) is 0 Å². The summed E-state index contributed by atoms with van der Waals surface area (Å²) in [7, 11) is 0. The Bertz CT molecular complexity index is 1170. The first kappa shape index (κ1) is 22.8. The van der Waals surface area contributed by atoms with Gasteiger partial charge in [-0.15, -0.1) is 0 Å². The largest absolute Gasteiger partial charge is 0.381 e. The Hall–Kier alpha value is -3.00. The summed E-state index contributed by atoms with van der Waals surface area (Å²) in [5.74, 6) is 3.08. The molecule has 0 bridgehead atoms. The third-order valence-corrected chi connectivity index (χ3v) is 7.52. The van der Waals surface area contributed by atoms with E-state index in [0.29, 0.717) is 29.9 Å². The minimum atomic E-state index is 0.0370. The number of aromatic amines is 1. The fraction of sp³-hybridized carbons (Fsp3) is 0.538. The number of hydrogen-bond acceptors (Lipinski definition) is 6. The van der Waals surface area contributed by atoms with Gasteiger partial charge >= 0.3 is 0 Å². The van der Waals surface area contributed by atoms with Gasteiger partial charge in [-0.25, -0.2) is 4.98 Å². The maximum Gasteiger partial charge on any atom is 0.162 e. The molecule has 8 nitrogen and oxygen atoms in total. The lowest BCUT2D eigenvalue weighted by Gasteiger charge is -2.19. The summed E-state index contributed by atoms with van der Waals surface area (Å²) in [6.45, 7) is 12.4. The lowest BCUT2D eigenvalue weighted by molar-refractivity contribution is 0.101. The zero-order valence-corrected chi connectivity index (χ0v) is 20.5. The Morgan fingerprint density at radius 2 is 1.97 bits per heavy atom. The quantitative estimate of drug-likeness (QED) is 0.595. The van der Waals surface area contributed by atoms with Gasteiger partial charge in [0.1, 0.15) is 5.82 Å². The van der Waals surface area contributed by atoms with E-state index < -0.39 is 0 Å². The highest BCUT2D eigenvalue weighted by atomic mass is 16.5. The first-order valence-corrected chi connectivity index (χ1v) is 12.3. The molecule has 0 spiro atoms. The Morgan fingerprint density at radius 1 is 1.21 bits per heavy atom. The highest BCUT2D eigenvalue weighted by molar-refractivity contribution is 5.93. The molecule has 8 heteroatoms. The number of aryl methyl sites for hydroxylation is 2. The number of ketones is 1. The van der Waals surface area contributed by atoms with Crippen LogP contribution in [0.5, 0.6) is 0 Å². The molecule has 3 atom stereocenters. The van der Waals surface area contributed by atoms with Gasteiger partial charge in [0.05, 0.1) is 37.2 Å². The number of carbonyl (C=O) groups is 1. The second-order valence-electron chi connectivity index (χ2n) is 10.0. The van der Waals surface area contributed by atoms with Gasteiger partial charge in [0.15, 0.2) is 5.78 Å². The van der Waals surface area contributed by atoms with Gasteiger partial charge in [0, 0.05) is 48.4 Å². The number of Topliss-reactive ketones (excluding diaryl/α,β-unsaturated/α-hetero) is 1. The molecular formula is C26H34N6O2. The molecule has 0 radical (unpaired) electrons. The van der Waals surface area contributed by atoms with E-state index in [2.05, 4.69) is 46.2 Å². The van der Waals surface area contributed by atoms with E-state index in [1.807, 2.05) is 6.92 Å². The summed E-state index contributed by atoms with van der Waals surface area (Å²) in [5.41, 5.74) is 6.81. The molecule has 6 rings (SSSR count). The zero-order valence-electron chi connectivity index (χ0n) is 20.5. The normalized spacial score (nSPS) is 22.9. The van der Waals surface area contributed by atoms with Crippen LogP contribution in [0, 0.1) is 25.7 Å². The van der Waals surface area contributed by atoms with E-state index in [1.54, 1.807) is 24.0 Å². The predicted octanol–water partition coefficient (Wildman–Crippen LogP) is 3.69. The molecule has 3 aliphatic rings. The number of nitrogens with zero attached hydrogens (tertiary/aromatic N) is 5. The second-order valence-corrected chi connectivity index (χ2v) is 10.0. The van der Waals surface area contributed by atoms with Gasteiger partial charge in [0.2, 0.25) is 0 Å². The van der Waals surface area contributed by atoms with Crippen molar-refractivity contribution in [3.8, 4) is 0 Å². The van der Waals surface area contributed by atoms with E-state index in [9.17, 15) is 4.79 Å². The summed E-state index contributed by atoms with van der Waals surface area (Å²) in [6, 6.07) is 4.22. The van der Waals surface area contributed by atoms with E-state index >= 15 is 0 Å². The maximum atomic E-state index is 11.4. The lowest BCUT2D eigenvalue weighted by atomic mass is 10.0. The summed E-state index contributed by atoms with van der Waals surface area (Å²) in [4.78, 5) is 18.5. The highest BCUT2D eigenvalue weighted by Crippen LogP contribution is 2.33. The SMILES string of the molecule is CC(=O)c1cnn(Cc2ccc(N3CC4COCC4C3)nc2C)c1.Cc1[nH]nc2c1CCC2C. The van der Waals surface area contributed by atoms with Gasteiger partial charge in [-0.1, -0.05) is 13.0 Å². The van der Waals surface area contributed by atoms with Gasteiger partial charge < -0.3 is 9.64 Å². The molecule has 2 aliphatic heterocycles. The fourth-order valence-electron chi connectivity index (χ4n) is 5.29. The number of H-pyrrole nitrogens is 1. The Kier molecular flexibility index (Phi) is 6.25. The van der Waals surface area contributed by atoms with Crippen molar-refractivity contribution < 1.29 is 9.53 Å². The van der Waals surface area contributed by atoms with Crippen molar-refractivity contribution in [3.63, 3.8) is 0 Å². The van der Waals surface area contributed by atoms with E-state index in [0.717, 1.165) is 43.4 Å². The number of fused-ring (bicyclic) bond motifs is 2.